The summed E-state index contributed by atoms with van der Waals surface area (Å²) in [6.07, 6.45) is 0. The van der Waals surface area contributed by atoms with E-state index >= 15 is 0 Å². The van der Waals surface area contributed by atoms with Gasteiger partial charge in [0.25, 0.3) is 0 Å². The van der Waals surface area contributed by atoms with Crippen molar-refractivity contribution in [1.29, 1.82) is 0 Å². The van der Waals surface area contributed by atoms with Crippen LogP contribution >= 0.6 is 0 Å². The molecule has 10 aromatic carbocycles. The zero-order valence-electron chi connectivity index (χ0n) is 35.6. The van der Waals surface area contributed by atoms with E-state index in [1.807, 2.05) is 0 Å². The quantitative estimate of drug-likeness (QED) is 0.167. The Balaban J connectivity index is 1.02. The second-order valence-electron chi connectivity index (χ2n) is 17.7. The first-order chi connectivity index (χ1) is 31.5. The maximum absolute atomic E-state index is 6.89. The zero-order chi connectivity index (χ0) is 42.5. The molecule has 3 nitrogen and oxygen atoms in total. The highest BCUT2D eigenvalue weighted by atomic mass is 16.3. The lowest BCUT2D eigenvalue weighted by atomic mass is 9.81. The van der Waals surface area contributed by atoms with Crippen LogP contribution in [0.1, 0.15) is 25.0 Å². The molecule has 0 N–H and O–H groups in total. The summed E-state index contributed by atoms with van der Waals surface area (Å²) in [6, 6.07) is 79.7. The number of para-hydroxylation sites is 4. The molecule has 1 aliphatic rings. The molecule has 302 valence electrons. The lowest BCUT2D eigenvalue weighted by Crippen LogP contribution is -2.14. The SMILES string of the molecule is CC1(C)c2ccccc2-c2ccc(-c3ccc(N(c4ccc5ccccc5c4)c4cc(-c5ccccc5-n5c6ccccc6c6ccccc65)c5oc6ccccc6c5c4)cc3)cc21. The molecule has 3 heteroatoms. The fourth-order valence-electron chi connectivity index (χ4n) is 10.7. The lowest BCUT2D eigenvalue weighted by Gasteiger charge is -2.27. The topological polar surface area (TPSA) is 21.3 Å². The summed E-state index contributed by atoms with van der Waals surface area (Å²) in [7, 11) is 0. The summed E-state index contributed by atoms with van der Waals surface area (Å²) in [5.74, 6) is 0. The standard InChI is InChI=1S/C61H42N2O/c1-61(2)54-22-10-5-17-46(54)47-34-30-42(36-55(47)61)40-27-31-43(32-28-40)62(44-33-29-39-15-3-4-16-41(39)35-44)45-37-52(60-53(38-45)51-21-9-14-26-59(51)64-60)50-20-8-13-25-58(50)63-56-23-11-6-18-48(56)49-19-7-12-24-57(49)63/h3-38H,1-2H3. The summed E-state index contributed by atoms with van der Waals surface area (Å²) < 4.78 is 9.31. The van der Waals surface area contributed by atoms with E-state index in [9.17, 15) is 0 Å². The molecule has 64 heavy (non-hydrogen) atoms. The van der Waals surface area contributed by atoms with E-state index in [1.165, 1.54) is 66.0 Å². The van der Waals surface area contributed by atoms with Crippen LogP contribution in [-0.2, 0) is 5.41 Å². The van der Waals surface area contributed by atoms with Gasteiger partial charge in [-0.05, 0) is 111 Å². The van der Waals surface area contributed by atoms with Crippen LogP contribution in [0.4, 0.5) is 17.1 Å². The van der Waals surface area contributed by atoms with Crippen molar-refractivity contribution in [1.82, 2.24) is 4.57 Å². The molecule has 0 amide bonds. The average Bonchev–Trinajstić information content (AvgIpc) is 3.97. The maximum Gasteiger partial charge on any atom is 0.143 e. The van der Waals surface area contributed by atoms with Gasteiger partial charge in [-0.1, -0.05) is 166 Å². The highest BCUT2D eigenvalue weighted by molar-refractivity contribution is 6.14. The van der Waals surface area contributed by atoms with E-state index < -0.39 is 0 Å². The van der Waals surface area contributed by atoms with E-state index in [-0.39, 0.29) is 5.41 Å². The van der Waals surface area contributed by atoms with E-state index in [2.05, 4.69) is 242 Å². The van der Waals surface area contributed by atoms with Crippen molar-refractivity contribution < 1.29 is 4.42 Å². The van der Waals surface area contributed by atoms with E-state index in [0.717, 1.165) is 55.8 Å². The number of anilines is 3. The normalized spacial score (nSPS) is 13.0. The van der Waals surface area contributed by atoms with Gasteiger partial charge in [0.2, 0.25) is 0 Å². The largest absolute Gasteiger partial charge is 0.455 e. The molecule has 1 aliphatic carbocycles. The van der Waals surface area contributed by atoms with Gasteiger partial charge in [0.1, 0.15) is 11.2 Å². The van der Waals surface area contributed by atoms with Crippen LogP contribution < -0.4 is 4.90 Å². The van der Waals surface area contributed by atoms with Crippen molar-refractivity contribution in [2.24, 2.45) is 0 Å². The van der Waals surface area contributed by atoms with Crippen LogP contribution in [0, 0.1) is 0 Å². The summed E-state index contributed by atoms with van der Waals surface area (Å²) >= 11 is 0. The molecule has 2 aromatic heterocycles. The van der Waals surface area contributed by atoms with Crippen molar-refractivity contribution in [3.63, 3.8) is 0 Å². The predicted molar refractivity (Wildman–Crippen MR) is 269 cm³/mol. The first-order valence-corrected chi connectivity index (χ1v) is 22.2. The molecule has 0 radical (unpaired) electrons. The number of fused-ring (bicyclic) bond motifs is 10. The van der Waals surface area contributed by atoms with Crippen LogP contribution in [0.5, 0.6) is 0 Å². The fraction of sp³-hybridized carbons (Fsp3) is 0.0492. The van der Waals surface area contributed by atoms with Crippen molar-refractivity contribution >= 4 is 71.6 Å². The molecular weight excluding hydrogens is 777 g/mol. The van der Waals surface area contributed by atoms with Crippen LogP contribution in [0.15, 0.2) is 223 Å². The van der Waals surface area contributed by atoms with Crippen LogP contribution in [-0.4, -0.2) is 4.57 Å². The molecule has 12 aromatic rings. The third kappa shape index (κ3) is 5.47. The summed E-state index contributed by atoms with van der Waals surface area (Å²) in [5.41, 5.74) is 18.3. The highest BCUT2D eigenvalue weighted by Gasteiger charge is 2.35. The Hall–Kier alpha value is -8.14. The minimum Gasteiger partial charge on any atom is -0.455 e. The second-order valence-corrected chi connectivity index (χ2v) is 17.7. The molecule has 13 rings (SSSR count). The van der Waals surface area contributed by atoms with Crippen molar-refractivity contribution in [2.75, 3.05) is 4.90 Å². The van der Waals surface area contributed by atoms with E-state index in [1.54, 1.807) is 0 Å². The maximum atomic E-state index is 6.89. The Morgan fingerprint density at radius 2 is 1.00 bits per heavy atom. The Labute approximate surface area is 371 Å². The minimum atomic E-state index is -0.0669. The third-order valence-electron chi connectivity index (χ3n) is 13.8. The molecule has 0 saturated heterocycles. The Bertz CT molecular complexity index is 3770. The minimum absolute atomic E-state index is 0.0669. The summed E-state index contributed by atoms with van der Waals surface area (Å²) in [4.78, 5) is 2.41. The number of rotatable bonds is 6. The van der Waals surface area contributed by atoms with Crippen LogP contribution in [0.25, 0.3) is 93.6 Å². The fourth-order valence-corrected chi connectivity index (χ4v) is 10.7. The molecule has 0 unspecified atom stereocenters. The van der Waals surface area contributed by atoms with Gasteiger partial charge in [-0.3, -0.25) is 0 Å². The molecule has 0 spiro atoms. The van der Waals surface area contributed by atoms with Gasteiger partial charge >= 0.3 is 0 Å². The Morgan fingerprint density at radius 1 is 0.391 bits per heavy atom. The van der Waals surface area contributed by atoms with Gasteiger partial charge in [0.05, 0.1) is 16.7 Å². The van der Waals surface area contributed by atoms with Crippen LogP contribution in [0.3, 0.4) is 0 Å². The van der Waals surface area contributed by atoms with E-state index in [0.29, 0.717) is 0 Å². The molecular formula is C61H42N2O. The van der Waals surface area contributed by atoms with E-state index in [4.69, 9.17) is 4.42 Å². The monoisotopic (exact) mass is 818 g/mol. The van der Waals surface area contributed by atoms with Gasteiger partial charge in [-0.25, -0.2) is 0 Å². The molecule has 0 saturated carbocycles. The highest BCUT2D eigenvalue weighted by Crippen LogP contribution is 2.50. The molecule has 0 fully saturated rings. The Kier molecular flexibility index (Phi) is 7.95. The number of benzene rings is 10. The first kappa shape index (κ1) is 36.5. The summed E-state index contributed by atoms with van der Waals surface area (Å²) in [6.45, 7) is 4.70. The van der Waals surface area contributed by atoms with Gasteiger partial charge in [0.15, 0.2) is 0 Å². The van der Waals surface area contributed by atoms with Crippen LogP contribution in [0.2, 0.25) is 0 Å². The van der Waals surface area contributed by atoms with Gasteiger partial charge in [-0.2, -0.15) is 0 Å². The van der Waals surface area contributed by atoms with Crippen molar-refractivity contribution in [3.8, 4) is 39.1 Å². The van der Waals surface area contributed by atoms with Gasteiger partial charge in [-0.15, -0.1) is 0 Å². The van der Waals surface area contributed by atoms with Crippen molar-refractivity contribution in [3.05, 3.63) is 230 Å². The smallest absolute Gasteiger partial charge is 0.143 e. The number of hydrogen-bond donors (Lipinski definition) is 0. The molecule has 0 bridgehead atoms. The van der Waals surface area contributed by atoms with Crippen molar-refractivity contribution in [2.45, 2.75) is 19.3 Å². The lowest BCUT2D eigenvalue weighted by molar-refractivity contribution is 0.660. The zero-order valence-corrected chi connectivity index (χ0v) is 35.6. The Morgan fingerprint density at radius 3 is 1.80 bits per heavy atom. The predicted octanol–water partition coefficient (Wildman–Crippen LogP) is 16.9. The third-order valence-corrected chi connectivity index (χ3v) is 13.8. The molecule has 0 aliphatic heterocycles. The number of nitrogens with zero attached hydrogens (tertiary/aromatic N) is 2. The van der Waals surface area contributed by atoms with Gasteiger partial charge in [0, 0.05) is 55.1 Å². The number of aromatic nitrogens is 1. The number of hydrogen-bond acceptors (Lipinski definition) is 2. The number of furan rings is 1. The first-order valence-electron chi connectivity index (χ1n) is 22.2. The summed E-state index contributed by atoms with van der Waals surface area (Å²) in [5, 5.41) is 7.02. The average molecular weight is 819 g/mol. The molecule has 0 atom stereocenters. The molecule has 2 heterocycles. The van der Waals surface area contributed by atoms with Gasteiger partial charge < -0.3 is 13.9 Å². The second kappa shape index (κ2) is 13.9.